The largest absolute Gasteiger partial charge is 0.497 e. The van der Waals surface area contributed by atoms with Crippen LogP contribution in [0.25, 0.3) is 0 Å². The lowest BCUT2D eigenvalue weighted by atomic mass is 9.81. The van der Waals surface area contributed by atoms with Crippen molar-refractivity contribution in [2.45, 2.75) is 50.3 Å². The van der Waals surface area contributed by atoms with Crippen molar-refractivity contribution in [1.82, 2.24) is 10.2 Å². The van der Waals surface area contributed by atoms with Gasteiger partial charge < -0.3 is 19.7 Å². The zero-order valence-electron chi connectivity index (χ0n) is 17.3. The number of ether oxygens (including phenoxy) is 2. The monoisotopic (exact) mass is 394 g/mol. The van der Waals surface area contributed by atoms with Crippen LogP contribution in [0.3, 0.4) is 0 Å². The number of likely N-dealkylation sites (N-methyl/N-ethyl adjacent to an activating group) is 1. The molecule has 1 fully saturated rings. The first kappa shape index (κ1) is 19.8. The molecule has 0 unspecified atom stereocenters. The summed E-state index contributed by atoms with van der Waals surface area (Å²) < 4.78 is 11.8. The minimum Gasteiger partial charge on any atom is -0.497 e. The first-order valence-electron chi connectivity index (χ1n) is 10.4. The molecule has 0 radical (unpaired) electrons. The predicted octanol–water partition coefficient (Wildman–Crippen LogP) is 3.56. The highest BCUT2D eigenvalue weighted by molar-refractivity contribution is 5.79. The lowest BCUT2D eigenvalue weighted by molar-refractivity contribution is -0.132. The smallest absolute Gasteiger partial charge is 0.226 e. The van der Waals surface area contributed by atoms with Crippen molar-refractivity contribution in [2.75, 3.05) is 20.7 Å². The van der Waals surface area contributed by atoms with Gasteiger partial charge in [-0.1, -0.05) is 30.3 Å². The summed E-state index contributed by atoms with van der Waals surface area (Å²) in [7, 11) is 3.58. The summed E-state index contributed by atoms with van der Waals surface area (Å²) >= 11 is 0. The molecule has 154 valence electrons. The van der Waals surface area contributed by atoms with Gasteiger partial charge in [0.05, 0.1) is 13.5 Å². The second-order valence-corrected chi connectivity index (χ2v) is 8.26. The highest BCUT2D eigenvalue weighted by atomic mass is 16.5. The topological polar surface area (TPSA) is 50.8 Å². The van der Waals surface area contributed by atoms with Gasteiger partial charge in [0.15, 0.2) is 0 Å². The Hall–Kier alpha value is -2.53. The first-order valence-corrected chi connectivity index (χ1v) is 10.4. The second-order valence-electron chi connectivity index (χ2n) is 8.26. The van der Waals surface area contributed by atoms with E-state index in [9.17, 15) is 4.79 Å². The maximum absolute atomic E-state index is 12.8. The van der Waals surface area contributed by atoms with E-state index in [2.05, 4.69) is 23.5 Å². The minimum atomic E-state index is -0.167. The van der Waals surface area contributed by atoms with Crippen LogP contribution >= 0.6 is 0 Å². The third-order valence-electron chi connectivity index (χ3n) is 6.36. The molecule has 5 nitrogen and oxygen atoms in total. The van der Waals surface area contributed by atoms with E-state index in [0.29, 0.717) is 6.42 Å². The van der Waals surface area contributed by atoms with E-state index in [1.54, 1.807) is 7.11 Å². The van der Waals surface area contributed by atoms with Gasteiger partial charge in [-0.15, -0.1) is 0 Å². The summed E-state index contributed by atoms with van der Waals surface area (Å²) in [5.41, 5.74) is 2.04. The minimum absolute atomic E-state index is 0.157. The number of para-hydroxylation sites is 1. The molecule has 4 rings (SSSR count). The Kier molecular flexibility index (Phi) is 5.76. The van der Waals surface area contributed by atoms with E-state index in [0.717, 1.165) is 55.8 Å². The lowest BCUT2D eigenvalue weighted by Gasteiger charge is -2.42. The number of hydrogen-bond donors (Lipinski definition) is 1. The molecule has 2 aliphatic rings. The van der Waals surface area contributed by atoms with E-state index >= 15 is 0 Å². The van der Waals surface area contributed by atoms with Crippen LogP contribution in [0.2, 0.25) is 0 Å². The van der Waals surface area contributed by atoms with Crippen LogP contribution in [0.15, 0.2) is 48.5 Å². The maximum Gasteiger partial charge on any atom is 0.226 e. The van der Waals surface area contributed by atoms with Crippen molar-refractivity contribution in [3.05, 3.63) is 59.7 Å². The molecule has 0 saturated heterocycles. The van der Waals surface area contributed by atoms with Crippen molar-refractivity contribution in [3.63, 3.8) is 0 Å². The molecule has 5 heteroatoms. The number of benzene rings is 2. The molecule has 29 heavy (non-hydrogen) atoms. The molecule has 0 atom stereocenters. The number of hydrogen-bond acceptors (Lipinski definition) is 4. The molecule has 2 aromatic carbocycles. The van der Waals surface area contributed by atoms with E-state index in [4.69, 9.17) is 9.47 Å². The maximum atomic E-state index is 12.8. The van der Waals surface area contributed by atoms with Gasteiger partial charge in [-0.2, -0.15) is 0 Å². The van der Waals surface area contributed by atoms with Crippen LogP contribution < -0.4 is 14.8 Å². The number of methoxy groups -OCH3 is 1. The van der Waals surface area contributed by atoms with Crippen molar-refractivity contribution in [3.8, 4) is 11.5 Å². The summed E-state index contributed by atoms with van der Waals surface area (Å²) in [6.45, 7) is 1.70. The fraction of sp³-hybridized carbons (Fsp3) is 0.458. The molecular formula is C24H30N2O3. The van der Waals surface area contributed by atoms with Crippen LogP contribution in [-0.4, -0.2) is 43.2 Å². The SMILES string of the molecule is COc1cccc(CC(=O)N(C)C2CCC3(CC2)CNCc2ccccc2O3)c1. The number of amides is 1. The predicted molar refractivity (Wildman–Crippen MR) is 113 cm³/mol. The normalized spacial score (nSPS) is 23.6. The lowest BCUT2D eigenvalue weighted by Crippen LogP contribution is -2.51. The standard InChI is InChI=1S/C24H30N2O3/c1-26(23(27)15-18-6-5-8-21(14-18)28-2)20-10-12-24(13-11-20)17-25-16-19-7-3-4-9-22(19)29-24/h3-9,14,20,25H,10-13,15-17H2,1-2H3. The summed E-state index contributed by atoms with van der Waals surface area (Å²) in [5, 5.41) is 3.56. The van der Waals surface area contributed by atoms with Gasteiger partial charge in [-0.3, -0.25) is 4.79 Å². The number of nitrogens with one attached hydrogen (secondary N) is 1. The van der Waals surface area contributed by atoms with E-state index in [1.165, 1.54) is 5.56 Å². The average molecular weight is 395 g/mol. The Morgan fingerprint density at radius 2 is 2.00 bits per heavy atom. The van der Waals surface area contributed by atoms with Gasteiger partial charge in [0.1, 0.15) is 17.1 Å². The number of fused-ring (bicyclic) bond motifs is 1. The summed E-state index contributed by atoms with van der Waals surface area (Å²) in [6, 6.07) is 16.3. The van der Waals surface area contributed by atoms with Crippen LogP contribution in [-0.2, 0) is 17.8 Å². The zero-order chi connectivity index (χ0) is 20.3. The molecule has 1 aliphatic heterocycles. The van der Waals surface area contributed by atoms with Crippen molar-refractivity contribution in [1.29, 1.82) is 0 Å². The molecule has 1 spiro atoms. The first-order chi connectivity index (χ1) is 14.1. The number of nitrogens with zero attached hydrogens (tertiary/aromatic N) is 1. The summed E-state index contributed by atoms with van der Waals surface area (Å²) in [6.07, 6.45) is 4.24. The molecule has 2 aromatic rings. The van der Waals surface area contributed by atoms with Gasteiger partial charge >= 0.3 is 0 Å². The molecule has 1 N–H and O–H groups in total. The molecule has 1 saturated carbocycles. The molecule has 0 aromatic heterocycles. The zero-order valence-corrected chi connectivity index (χ0v) is 17.3. The van der Waals surface area contributed by atoms with Gasteiger partial charge in [0.25, 0.3) is 0 Å². The Bertz CT molecular complexity index is 859. The van der Waals surface area contributed by atoms with Crippen molar-refractivity contribution in [2.24, 2.45) is 0 Å². The number of carbonyl (C=O) groups excluding carboxylic acids is 1. The van der Waals surface area contributed by atoms with Gasteiger partial charge in [-0.05, 0) is 49.4 Å². The van der Waals surface area contributed by atoms with E-state index in [-0.39, 0.29) is 17.6 Å². The molecule has 0 bridgehead atoms. The fourth-order valence-corrected chi connectivity index (χ4v) is 4.52. The van der Waals surface area contributed by atoms with Crippen LogP contribution in [0.4, 0.5) is 0 Å². The van der Waals surface area contributed by atoms with Gasteiger partial charge in [0, 0.05) is 31.7 Å². The van der Waals surface area contributed by atoms with Crippen LogP contribution in [0, 0.1) is 0 Å². The second kappa shape index (κ2) is 8.46. The molecule has 1 amide bonds. The van der Waals surface area contributed by atoms with Gasteiger partial charge in [0.2, 0.25) is 5.91 Å². The van der Waals surface area contributed by atoms with Crippen molar-refractivity contribution >= 4 is 5.91 Å². The summed E-state index contributed by atoms with van der Waals surface area (Å²) in [4.78, 5) is 14.8. The highest BCUT2D eigenvalue weighted by Crippen LogP contribution is 2.37. The van der Waals surface area contributed by atoms with E-state index < -0.39 is 0 Å². The van der Waals surface area contributed by atoms with Crippen molar-refractivity contribution < 1.29 is 14.3 Å². The Labute approximate surface area is 173 Å². The highest BCUT2D eigenvalue weighted by Gasteiger charge is 2.40. The Balaban J connectivity index is 1.37. The average Bonchev–Trinajstić information content (AvgIpc) is 2.93. The Morgan fingerprint density at radius 3 is 2.79 bits per heavy atom. The summed E-state index contributed by atoms with van der Waals surface area (Å²) in [5.74, 6) is 1.94. The molecular weight excluding hydrogens is 364 g/mol. The van der Waals surface area contributed by atoms with E-state index in [1.807, 2.05) is 42.3 Å². The number of rotatable bonds is 4. The quantitative estimate of drug-likeness (QED) is 0.862. The third kappa shape index (κ3) is 4.40. The number of carbonyl (C=O) groups is 1. The molecule has 1 aliphatic carbocycles. The third-order valence-corrected chi connectivity index (χ3v) is 6.36. The fourth-order valence-electron chi connectivity index (χ4n) is 4.52. The van der Waals surface area contributed by atoms with Gasteiger partial charge in [-0.25, -0.2) is 0 Å². The Morgan fingerprint density at radius 1 is 1.21 bits per heavy atom. The van der Waals surface area contributed by atoms with Crippen LogP contribution in [0.1, 0.15) is 36.8 Å². The molecule has 1 heterocycles. The van der Waals surface area contributed by atoms with Crippen LogP contribution in [0.5, 0.6) is 11.5 Å².